The van der Waals surface area contributed by atoms with Crippen LogP contribution in [-0.4, -0.2) is 35.0 Å². The average molecular weight is 239 g/mol. The zero-order valence-corrected chi connectivity index (χ0v) is 10.3. The number of hydrogen-bond donors (Lipinski definition) is 1. The van der Waals surface area contributed by atoms with Crippen LogP contribution in [0.5, 0.6) is 0 Å². The third-order valence-corrected chi connectivity index (χ3v) is 2.62. The summed E-state index contributed by atoms with van der Waals surface area (Å²) in [6, 6.07) is 1.31. The van der Waals surface area contributed by atoms with E-state index in [1.807, 2.05) is 13.8 Å². The number of nitrogens with zero attached hydrogens (tertiary/aromatic N) is 1. The lowest BCUT2D eigenvalue weighted by Crippen LogP contribution is -2.30. The van der Waals surface area contributed by atoms with E-state index < -0.39 is 5.97 Å². The zero-order valence-electron chi connectivity index (χ0n) is 10.3. The van der Waals surface area contributed by atoms with Crippen molar-refractivity contribution in [2.75, 3.05) is 13.1 Å². The Balaban J connectivity index is 3.07. The molecule has 0 atom stereocenters. The van der Waals surface area contributed by atoms with Gasteiger partial charge in [-0.25, -0.2) is 4.79 Å². The van der Waals surface area contributed by atoms with Crippen LogP contribution in [0.3, 0.4) is 0 Å². The molecule has 1 amide bonds. The monoisotopic (exact) mass is 239 g/mol. The van der Waals surface area contributed by atoms with E-state index in [-0.39, 0.29) is 17.2 Å². The molecule has 94 valence electrons. The molecule has 0 aliphatic heterocycles. The van der Waals surface area contributed by atoms with E-state index in [9.17, 15) is 9.59 Å². The van der Waals surface area contributed by atoms with Crippen molar-refractivity contribution in [3.63, 3.8) is 0 Å². The molecule has 0 aliphatic rings. The largest absolute Gasteiger partial charge is 0.478 e. The Morgan fingerprint density at radius 1 is 1.29 bits per heavy atom. The van der Waals surface area contributed by atoms with Crippen LogP contribution < -0.4 is 0 Å². The first-order chi connectivity index (χ1) is 8.04. The van der Waals surface area contributed by atoms with E-state index in [4.69, 9.17) is 9.52 Å². The molecule has 0 bridgehead atoms. The van der Waals surface area contributed by atoms with Crippen LogP contribution in [0, 0.1) is 0 Å². The zero-order chi connectivity index (χ0) is 13.0. The number of carboxylic acid groups (broad SMARTS) is 1. The van der Waals surface area contributed by atoms with Gasteiger partial charge in [0.2, 0.25) is 0 Å². The molecule has 1 N–H and O–H groups in total. The number of carboxylic acids is 1. The molecule has 1 rings (SSSR count). The van der Waals surface area contributed by atoms with Gasteiger partial charge in [0.1, 0.15) is 11.3 Å². The quantitative estimate of drug-likeness (QED) is 0.853. The second-order valence-corrected chi connectivity index (χ2v) is 3.58. The predicted molar refractivity (Wildman–Crippen MR) is 62.3 cm³/mol. The van der Waals surface area contributed by atoms with Crippen molar-refractivity contribution in [2.45, 2.75) is 27.2 Å². The van der Waals surface area contributed by atoms with Gasteiger partial charge in [-0.05, 0) is 13.8 Å². The van der Waals surface area contributed by atoms with Crippen LogP contribution in [0.2, 0.25) is 0 Å². The van der Waals surface area contributed by atoms with Gasteiger partial charge in [-0.3, -0.25) is 4.79 Å². The van der Waals surface area contributed by atoms with Crippen molar-refractivity contribution in [1.82, 2.24) is 4.90 Å². The summed E-state index contributed by atoms with van der Waals surface area (Å²) in [4.78, 5) is 24.5. The fourth-order valence-electron chi connectivity index (χ4n) is 1.64. The third kappa shape index (κ3) is 2.67. The van der Waals surface area contributed by atoms with Crippen LogP contribution in [0.25, 0.3) is 0 Å². The molecular formula is C12H17NO4. The van der Waals surface area contributed by atoms with Gasteiger partial charge in [0.15, 0.2) is 5.76 Å². The van der Waals surface area contributed by atoms with E-state index in [2.05, 4.69) is 0 Å². The lowest BCUT2D eigenvalue weighted by atomic mass is 10.2. The van der Waals surface area contributed by atoms with Gasteiger partial charge in [0, 0.05) is 25.6 Å². The van der Waals surface area contributed by atoms with Gasteiger partial charge >= 0.3 is 5.97 Å². The van der Waals surface area contributed by atoms with Gasteiger partial charge < -0.3 is 14.4 Å². The molecule has 1 heterocycles. The summed E-state index contributed by atoms with van der Waals surface area (Å²) in [5, 5.41) is 8.96. The predicted octanol–water partition coefficient (Wildman–Crippen LogP) is 2.02. The van der Waals surface area contributed by atoms with E-state index in [1.54, 1.807) is 11.8 Å². The van der Waals surface area contributed by atoms with Gasteiger partial charge in [-0.2, -0.15) is 0 Å². The first-order valence-corrected chi connectivity index (χ1v) is 5.70. The summed E-state index contributed by atoms with van der Waals surface area (Å²) in [6.07, 6.45) is 0.452. The van der Waals surface area contributed by atoms with E-state index >= 15 is 0 Å². The van der Waals surface area contributed by atoms with Crippen molar-refractivity contribution in [1.29, 1.82) is 0 Å². The third-order valence-electron chi connectivity index (χ3n) is 2.62. The molecule has 1 aromatic rings. The Morgan fingerprint density at radius 3 is 2.24 bits per heavy atom. The Bertz CT molecular complexity index is 418. The molecule has 0 aromatic carbocycles. The van der Waals surface area contributed by atoms with Crippen molar-refractivity contribution in [3.8, 4) is 0 Å². The summed E-state index contributed by atoms with van der Waals surface area (Å²) >= 11 is 0. The number of carbonyl (C=O) groups is 2. The van der Waals surface area contributed by atoms with Gasteiger partial charge in [0.05, 0.1) is 0 Å². The minimum atomic E-state index is -1.07. The maximum Gasteiger partial charge on any atom is 0.339 e. The maximum atomic E-state index is 12.0. The summed E-state index contributed by atoms with van der Waals surface area (Å²) in [6.45, 7) is 6.66. The van der Waals surface area contributed by atoms with Crippen molar-refractivity contribution < 1.29 is 19.1 Å². The molecule has 0 radical (unpaired) electrons. The summed E-state index contributed by atoms with van der Waals surface area (Å²) in [5.41, 5.74) is 0.0722. The molecular weight excluding hydrogens is 222 g/mol. The number of furan rings is 1. The van der Waals surface area contributed by atoms with Crippen LogP contribution in [0.1, 0.15) is 47.4 Å². The highest BCUT2D eigenvalue weighted by molar-refractivity contribution is 5.96. The highest BCUT2D eigenvalue weighted by Gasteiger charge is 2.22. The number of amides is 1. The van der Waals surface area contributed by atoms with Gasteiger partial charge in [-0.1, -0.05) is 6.92 Å². The minimum absolute atomic E-state index is 0.0722. The van der Waals surface area contributed by atoms with Crippen LogP contribution in [0.15, 0.2) is 10.5 Å². The SMILES string of the molecule is CCc1oc(C(=O)N(CC)CC)cc1C(=O)O. The van der Waals surface area contributed by atoms with E-state index in [0.717, 1.165) is 0 Å². The van der Waals surface area contributed by atoms with Crippen molar-refractivity contribution in [3.05, 3.63) is 23.2 Å². The highest BCUT2D eigenvalue weighted by Crippen LogP contribution is 2.18. The molecule has 0 fully saturated rings. The van der Waals surface area contributed by atoms with Crippen molar-refractivity contribution >= 4 is 11.9 Å². The van der Waals surface area contributed by atoms with E-state index in [1.165, 1.54) is 6.07 Å². The lowest BCUT2D eigenvalue weighted by molar-refractivity contribution is 0.0692. The lowest BCUT2D eigenvalue weighted by Gasteiger charge is -2.16. The summed E-state index contributed by atoms with van der Waals surface area (Å²) in [7, 11) is 0. The Hall–Kier alpha value is -1.78. The van der Waals surface area contributed by atoms with Gasteiger partial charge in [-0.15, -0.1) is 0 Å². The Morgan fingerprint density at radius 2 is 1.88 bits per heavy atom. The second kappa shape index (κ2) is 5.52. The fourth-order valence-corrected chi connectivity index (χ4v) is 1.64. The second-order valence-electron chi connectivity index (χ2n) is 3.58. The van der Waals surface area contributed by atoms with E-state index in [0.29, 0.717) is 25.3 Å². The minimum Gasteiger partial charge on any atom is -0.478 e. The van der Waals surface area contributed by atoms with Crippen LogP contribution >= 0.6 is 0 Å². The van der Waals surface area contributed by atoms with Crippen molar-refractivity contribution in [2.24, 2.45) is 0 Å². The number of carbonyl (C=O) groups excluding carboxylic acids is 1. The number of aromatic carboxylic acids is 1. The average Bonchev–Trinajstić information content (AvgIpc) is 2.74. The highest BCUT2D eigenvalue weighted by atomic mass is 16.4. The maximum absolute atomic E-state index is 12.0. The molecule has 0 saturated heterocycles. The number of aryl methyl sites for hydroxylation is 1. The molecule has 5 heteroatoms. The first-order valence-electron chi connectivity index (χ1n) is 5.70. The summed E-state index contributed by atoms with van der Waals surface area (Å²) in [5.74, 6) is -0.891. The molecule has 5 nitrogen and oxygen atoms in total. The molecule has 0 saturated carbocycles. The van der Waals surface area contributed by atoms with Crippen LogP contribution in [-0.2, 0) is 6.42 Å². The molecule has 0 spiro atoms. The molecule has 0 unspecified atom stereocenters. The smallest absolute Gasteiger partial charge is 0.339 e. The van der Waals surface area contributed by atoms with Crippen LogP contribution in [0.4, 0.5) is 0 Å². The molecule has 0 aliphatic carbocycles. The topological polar surface area (TPSA) is 70.8 Å². The Kier molecular flexibility index (Phi) is 4.31. The molecule has 1 aromatic heterocycles. The summed E-state index contributed by atoms with van der Waals surface area (Å²) < 4.78 is 5.30. The standard InChI is InChI=1S/C12H17NO4/c1-4-9-8(12(15)16)7-10(17-9)11(14)13(5-2)6-3/h7H,4-6H2,1-3H3,(H,15,16). The normalized spacial score (nSPS) is 10.3. The number of hydrogen-bond acceptors (Lipinski definition) is 3. The molecule has 17 heavy (non-hydrogen) atoms. The van der Waals surface area contributed by atoms with Gasteiger partial charge in [0.25, 0.3) is 5.91 Å². The number of rotatable bonds is 5. The first kappa shape index (κ1) is 13.3. The fraction of sp³-hybridized carbons (Fsp3) is 0.500. The Labute approximate surface area is 100 Å².